The summed E-state index contributed by atoms with van der Waals surface area (Å²) < 4.78 is 20.4. The zero-order chi connectivity index (χ0) is 33.3. The number of carbonyl (C=O) groups excluding carboxylic acids is 3. The fourth-order valence-electron chi connectivity index (χ4n) is 4.39. The van der Waals surface area contributed by atoms with Crippen molar-refractivity contribution in [3.8, 4) is 0 Å². The van der Waals surface area contributed by atoms with Gasteiger partial charge in [-0.25, -0.2) is 18.6 Å². The van der Waals surface area contributed by atoms with Crippen molar-refractivity contribution in [2.24, 2.45) is 5.73 Å². The molecule has 0 fully saturated rings. The third kappa shape index (κ3) is 6.04. The van der Waals surface area contributed by atoms with Crippen molar-refractivity contribution in [1.82, 2.24) is 25.2 Å². The van der Waals surface area contributed by atoms with Gasteiger partial charge in [-0.15, -0.1) is 0 Å². The number of aromatic carboxylic acids is 1. The summed E-state index contributed by atoms with van der Waals surface area (Å²) in [6, 6.07) is 8.74. The van der Waals surface area contributed by atoms with Gasteiger partial charge in [0.2, 0.25) is 5.91 Å². The smallest absolute Gasteiger partial charge is 0.335 e. The van der Waals surface area contributed by atoms with Crippen LogP contribution in [0.15, 0.2) is 62.6 Å². The van der Waals surface area contributed by atoms with Crippen molar-refractivity contribution in [3.63, 3.8) is 0 Å². The maximum atomic E-state index is 14.4. The van der Waals surface area contributed by atoms with Crippen LogP contribution in [0, 0.1) is 10.7 Å². The zero-order valence-electron chi connectivity index (χ0n) is 23.2. The molecule has 0 aliphatic carbocycles. The van der Waals surface area contributed by atoms with Gasteiger partial charge in [0, 0.05) is 18.7 Å². The minimum absolute atomic E-state index is 0.0527. The van der Waals surface area contributed by atoms with E-state index in [4.69, 9.17) is 33.3 Å². The molecule has 3 amide bonds. The number of anilines is 2. The Hall–Kier alpha value is -6.30. The molecule has 3 aromatic carbocycles. The van der Waals surface area contributed by atoms with Gasteiger partial charge in [0.25, 0.3) is 28.4 Å². The number of amides is 3. The van der Waals surface area contributed by atoms with Crippen LogP contribution in [0.1, 0.15) is 54.1 Å². The average molecular weight is 649 g/mol. The number of halogens is 1. The van der Waals surface area contributed by atoms with E-state index in [0.29, 0.717) is 5.56 Å². The van der Waals surface area contributed by atoms with E-state index in [0.717, 1.165) is 16.5 Å². The molecule has 5 rings (SSSR count). The first-order valence-corrected chi connectivity index (χ1v) is 13.5. The van der Waals surface area contributed by atoms with Gasteiger partial charge in [0.15, 0.2) is 0 Å². The van der Waals surface area contributed by atoms with Gasteiger partial charge in [0.05, 0.1) is 5.56 Å². The second-order valence-corrected chi connectivity index (χ2v) is 10.1. The summed E-state index contributed by atoms with van der Waals surface area (Å²) in [7, 11) is 0. The molecule has 0 spiro atoms. The number of carboxylic acids is 1. The van der Waals surface area contributed by atoms with Gasteiger partial charge in [-0.2, -0.15) is 0 Å². The highest BCUT2D eigenvalue weighted by Crippen LogP contribution is 2.18. The van der Waals surface area contributed by atoms with E-state index in [2.05, 4.69) is 26.1 Å². The molecule has 18 heteroatoms. The SMILES string of the molecule is NC(=O)[C@H](NC(=O)c1cc(C(=O)NCc2ccc(F)c(CNc3c(N)c(=O)c3=O)c2)n2c(=S)onc2n1)c1ccc(C(=O)O)cc1. The monoisotopic (exact) mass is 648 g/mol. The Labute approximate surface area is 260 Å². The number of fused-ring (bicyclic) bond motifs is 1. The summed E-state index contributed by atoms with van der Waals surface area (Å²) in [5.74, 6) is -4.72. The van der Waals surface area contributed by atoms with Gasteiger partial charge < -0.3 is 37.0 Å². The molecule has 0 bridgehead atoms. The maximum absolute atomic E-state index is 14.4. The van der Waals surface area contributed by atoms with Crippen LogP contribution in [-0.4, -0.2) is 43.3 Å². The first kappa shape index (κ1) is 31.1. The van der Waals surface area contributed by atoms with Crippen LogP contribution in [0.3, 0.4) is 0 Å². The molecule has 5 aromatic rings. The Bertz CT molecular complexity index is 2190. The van der Waals surface area contributed by atoms with Crippen molar-refractivity contribution in [1.29, 1.82) is 0 Å². The van der Waals surface area contributed by atoms with E-state index in [1.54, 1.807) is 0 Å². The maximum Gasteiger partial charge on any atom is 0.335 e. The Morgan fingerprint density at radius 2 is 1.74 bits per heavy atom. The van der Waals surface area contributed by atoms with Crippen LogP contribution in [0.25, 0.3) is 5.78 Å². The van der Waals surface area contributed by atoms with E-state index < -0.39 is 46.4 Å². The number of carbonyl (C=O) groups is 4. The molecule has 234 valence electrons. The predicted molar refractivity (Wildman–Crippen MR) is 160 cm³/mol. The normalized spacial score (nSPS) is 11.7. The molecule has 0 aliphatic rings. The van der Waals surface area contributed by atoms with Crippen molar-refractivity contribution >= 4 is 53.1 Å². The molecule has 8 N–H and O–H groups in total. The van der Waals surface area contributed by atoms with Gasteiger partial charge in [-0.1, -0.05) is 18.2 Å². The Balaban J connectivity index is 1.35. The Morgan fingerprint density at radius 1 is 1.02 bits per heavy atom. The highest BCUT2D eigenvalue weighted by Gasteiger charge is 2.25. The Kier molecular flexibility index (Phi) is 8.37. The number of nitrogens with one attached hydrogen (secondary N) is 3. The lowest BCUT2D eigenvalue weighted by Crippen LogP contribution is -2.38. The van der Waals surface area contributed by atoms with Crippen LogP contribution >= 0.6 is 12.2 Å². The van der Waals surface area contributed by atoms with E-state index in [1.807, 2.05) is 0 Å². The van der Waals surface area contributed by atoms with Crippen molar-refractivity contribution in [3.05, 3.63) is 113 Å². The molecular weight excluding hydrogens is 627 g/mol. The minimum atomic E-state index is -1.39. The first-order chi connectivity index (χ1) is 21.8. The molecule has 1 atom stereocenters. The van der Waals surface area contributed by atoms with E-state index in [-0.39, 0.29) is 63.2 Å². The highest BCUT2D eigenvalue weighted by atomic mass is 32.1. The number of rotatable bonds is 11. The molecule has 46 heavy (non-hydrogen) atoms. The molecule has 0 aliphatic heterocycles. The summed E-state index contributed by atoms with van der Waals surface area (Å²) in [5.41, 5.74) is 9.12. The number of aromatic nitrogens is 3. The molecule has 2 heterocycles. The minimum Gasteiger partial charge on any atom is -0.478 e. The number of nitrogens with zero attached hydrogens (tertiary/aromatic N) is 3. The molecule has 0 saturated heterocycles. The van der Waals surface area contributed by atoms with E-state index >= 15 is 0 Å². The zero-order valence-corrected chi connectivity index (χ0v) is 24.0. The van der Waals surface area contributed by atoms with E-state index in [1.165, 1.54) is 36.4 Å². The third-order valence-corrected chi connectivity index (χ3v) is 7.06. The number of carboxylic acid groups (broad SMARTS) is 1. The van der Waals surface area contributed by atoms with Crippen molar-refractivity contribution < 1.29 is 33.2 Å². The second-order valence-electron chi connectivity index (χ2n) is 9.76. The van der Waals surface area contributed by atoms with Crippen LogP contribution in [0.5, 0.6) is 0 Å². The molecule has 0 radical (unpaired) electrons. The number of benzene rings is 2. The average Bonchev–Trinajstić information content (AvgIpc) is 3.42. The third-order valence-electron chi connectivity index (χ3n) is 6.81. The fraction of sp³-hybridized carbons (Fsp3) is 0.107. The number of hydrogen-bond acceptors (Lipinski definition) is 12. The molecule has 0 saturated carbocycles. The van der Waals surface area contributed by atoms with Gasteiger partial charge in [0.1, 0.15) is 34.6 Å². The largest absolute Gasteiger partial charge is 0.478 e. The quantitative estimate of drug-likeness (QED) is 0.0847. The summed E-state index contributed by atoms with van der Waals surface area (Å²) in [6.45, 7) is -0.299. The lowest BCUT2D eigenvalue weighted by Gasteiger charge is -2.16. The fourth-order valence-corrected chi connectivity index (χ4v) is 4.61. The summed E-state index contributed by atoms with van der Waals surface area (Å²) >= 11 is 5.10. The summed E-state index contributed by atoms with van der Waals surface area (Å²) in [6.07, 6.45) is 0. The Morgan fingerprint density at radius 3 is 2.39 bits per heavy atom. The predicted octanol–water partition coefficient (Wildman–Crippen LogP) is 0.566. The number of nitrogens with two attached hydrogens (primary N) is 2. The molecule has 0 unspecified atom stereocenters. The standard InChI is InChI=1S/C28H21FN8O8S/c29-15-6-1-11(7-14(15)10-32-20-18(30)21(38)22(20)39)9-33-25(42)17-8-16(34-27-36-45-28(46)37(17)27)24(41)35-19(23(31)40)12-2-4-13(5-3-12)26(43)44/h1-8,19,32H,9-10,30H2,(H2,31,40)(H,33,42)(H,35,41)(H,43,44)/t19-/m1/s1. The van der Waals surface area contributed by atoms with Gasteiger partial charge >= 0.3 is 10.8 Å². The van der Waals surface area contributed by atoms with E-state index in [9.17, 15) is 33.2 Å². The lowest BCUT2D eigenvalue weighted by atomic mass is 10.0. The number of primary amides is 1. The number of hydrogen-bond donors (Lipinski definition) is 6. The molecule has 16 nitrogen and oxygen atoms in total. The van der Waals surface area contributed by atoms with Crippen LogP contribution in [0.2, 0.25) is 0 Å². The molecular formula is C28H21FN8O8S. The van der Waals surface area contributed by atoms with Crippen molar-refractivity contribution in [2.75, 3.05) is 11.1 Å². The van der Waals surface area contributed by atoms with Crippen molar-refractivity contribution in [2.45, 2.75) is 19.1 Å². The summed E-state index contributed by atoms with van der Waals surface area (Å²) in [5, 5.41) is 20.4. The van der Waals surface area contributed by atoms with Crippen LogP contribution in [0.4, 0.5) is 15.8 Å². The topological polar surface area (TPSA) is 254 Å². The van der Waals surface area contributed by atoms with Gasteiger partial charge in [-0.05, 0) is 58.8 Å². The van der Waals surface area contributed by atoms with Crippen LogP contribution < -0.4 is 38.3 Å². The lowest BCUT2D eigenvalue weighted by molar-refractivity contribution is -0.120. The summed E-state index contributed by atoms with van der Waals surface area (Å²) in [4.78, 5) is 76.5. The molecule has 2 aromatic heterocycles. The first-order valence-electron chi connectivity index (χ1n) is 13.1. The highest BCUT2D eigenvalue weighted by molar-refractivity contribution is 7.71. The number of nitrogen functional groups attached to an aromatic ring is 1. The second kappa shape index (κ2) is 12.4. The van der Waals surface area contributed by atoms with Crippen LogP contribution in [-0.2, 0) is 17.9 Å². The van der Waals surface area contributed by atoms with Gasteiger partial charge in [-0.3, -0.25) is 24.0 Å².